The van der Waals surface area contributed by atoms with Crippen LogP contribution in [0, 0.1) is 5.92 Å². The van der Waals surface area contributed by atoms with E-state index in [0.29, 0.717) is 25.8 Å². The first kappa shape index (κ1) is 18.0. The van der Waals surface area contributed by atoms with Gasteiger partial charge in [-0.05, 0) is 37.0 Å². The second-order valence-corrected chi connectivity index (χ2v) is 6.77. The van der Waals surface area contributed by atoms with Crippen molar-refractivity contribution in [1.82, 2.24) is 10.3 Å². The van der Waals surface area contributed by atoms with Gasteiger partial charge in [0.2, 0.25) is 12.0 Å². The fourth-order valence-electron chi connectivity index (χ4n) is 3.69. The molecule has 1 aliphatic rings. The van der Waals surface area contributed by atoms with E-state index in [1.165, 1.54) is 0 Å². The van der Waals surface area contributed by atoms with Crippen molar-refractivity contribution in [3.05, 3.63) is 66.0 Å². The molecule has 3 N–H and O–H groups in total. The van der Waals surface area contributed by atoms with Crippen LogP contribution in [-0.4, -0.2) is 22.6 Å². The van der Waals surface area contributed by atoms with E-state index >= 15 is 0 Å². The predicted octanol–water partition coefficient (Wildman–Crippen LogP) is 2.27. The van der Waals surface area contributed by atoms with E-state index in [2.05, 4.69) is 15.3 Å². The van der Waals surface area contributed by atoms with Crippen molar-refractivity contribution >= 4 is 12.0 Å². The lowest BCUT2D eigenvalue weighted by atomic mass is 9.73. The number of benzene rings is 1. The minimum Gasteiger partial charge on any atom is -0.369 e. The second kappa shape index (κ2) is 8.04. The van der Waals surface area contributed by atoms with E-state index in [9.17, 15) is 9.59 Å². The summed E-state index contributed by atoms with van der Waals surface area (Å²) in [6.45, 7) is 0.534. The third kappa shape index (κ3) is 4.23. The maximum atomic E-state index is 11.9. The molecule has 26 heavy (non-hydrogen) atoms. The number of aliphatic imine (C=N–C) groups is 1. The Balaban J connectivity index is 1.88. The van der Waals surface area contributed by atoms with Crippen molar-refractivity contribution in [3.8, 4) is 0 Å². The molecule has 3 rings (SSSR count). The molecule has 0 saturated heterocycles. The molecule has 1 saturated carbocycles. The maximum Gasteiger partial charge on any atom is 0.236 e. The average molecular weight is 350 g/mol. The fourth-order valence-corrected chi connectivity index (χ4v) is 3.69. The van der Waals surface area contributed by atoms with Gasteiger partial charge in [0.1, 0.15) is 5.66 Å². The fraction of sp³-hybridized carbons (Fsp3) is 0.350. The number of amides is 1. The van der Waals surface area contributed by atoms with Crippen LogP contribution in [0.1, 0.15) is 36.4 Å². The van der Waals surface area contributed by atoms with Gasteiger partial charge in [-0.1, -0.05) is 36.4 Å². The predicted molar refractivity (Wildman–Crippen MR) is 97.6 cm³/mol. The molecular weight excluding hydrogens is 328 g/mol. The Labute approximate surface area is 152 Å². The molecule has 0 bridgehead atoms. The topological polar surface area (TPSA) is 97.4 Å². The van der Waals surface area contributed by atoms with E-state index < -0.39 is 5.66 Å². The van der Waals surface area contributed by atoms with Gasteiger partial charge in [0.25, 0.3) is 0 Å². The summed E-state index contributed by atoms with van der Waals surface area (Å²) in [6.07, 6.45) is 4.97. The first-order valence-corrected chi connectivity index (χ1v) is 8.70. The van der Waals surface area contributed by atoms with Crippen molar-refractivity contribution in [2.45, 2.75) is 37.4 Å². The number of aromatic nitrogens is 1. The van der Waals surface area contributed by atoms with Gasteiger partial charge in [-0.25, -0.2) is 4.79 Å². The number of nitrogens with zero attached hydrogens (tertiary/aromatic N) is 2. The van der Waals surface area contributed by atoms with Crippen LogP contribution in [0.15, 0.2) is 59.7 Å². The van der Waals surface area contributed by atoms with E-state index in [0.717, 1.165) is 11.3 Å². The highest BCUT2D eigenvalue weighted by atomic mass is 16.1. The first-order valence-electron chi connectivity index (χ1n) is 8.70. The molecule has 1 amide bonds. The van der Waals surface area contributed by atoms with Crippen LogP contribution in [0.25, 0.3) is 0 Å². The molecule has 1 aromatic carbocycles. The molecule has 0 aliphatic heterocycles. The lowest BCUT2D eigenvalue weighted by Crippen LogP contribution is -2.50. The molecule has 3 atom stereocenters. The highest BCUT2D eigenvalue weighted by Gasteiger charge is 2.43. The van der Waals surface area contributed by atoms with E-state index in [1.807, 2.05) is 48.5 Å². The van der Waals surface area contributed by atoms with Crippen molar-refractivity contribution in [2.24, 2.45) is 16.6 Å². The van der Waals surface area contributed by atoms with Crippen molar-refractivity contribution in [2.75, 3.05) is 0 Å². The Morgan fingerprint density at radius 1 is 1.23 bits per heavy atom. The normalized spacial score (nSPS) is 25.2. The minimum atomic E-state index is -0.877. The third-order valence-corrected chi connectivity index (χ3v) is 4.97. The molecule has 3 unspecified atom stereocenters. The largest absolute Gasteiger partial charge is 0.369 e. The monoisotopic (exact) mass is 350 g/mol. The zero-order valence-electron chi connectivity index (χ0n) is 14.5. The molecule has 134 valence electrons. The van der Waals surface area contributed by atoms with Crippen LogP contribution < -0.4 is 11.1 Å². The lowest BCUT2D eigenvalue weighted by Gasteiger charge is -2.40. The van der Waals surface area contributed by atoms with E-state index in [1.54, 1.807) is 12.3 Å². The SMILES string of the molecule is NC(=O)C1CC(c2ccccn2)CC(N=C=O)(NCc2ccccc2)C1. The summed E-state index contributed by atoms with van der Waals surface area (Å²) in [5.74, 6) is -0.767. The van der Waals surface area contributed by atoms with Crippen LogP contribution in [-0.2, 0) is 16.1 Å². The number of rotatable bonds is 6. The number of hydrogen-bond donors (Lipinski definition) is 2. The summed E-state index contributed by atoms with van der Waals surface area (Å²) in [7, 11) is 0. The lowest BCUT2D eigenvalue weighted by molar-refractivity contribution is -0.123. The van der Waals surface area contributed by atoms with Gasteiger partial charge in [-0.2, -0.15) is 4.99 Å². The molecule has 1 fully saturated rings. The first-order chi connectivity index (χ1) is 12.6. The summed E-state index contributed by atoms with van der Waals surface area (Å²) in [6, 6.07) is 15.5. The van der Waals surface area contributed by atoms with Gasteiger partial charge in [-0.15, -0.1) is 0 Å². The summed E-state index contributed by atoms with van der Waals surface area (Å²) >= 11 is 0. The average Bonchev–Trinajstić information content (AvgIpc) is 2.68. The molecule has 2 aromatic rings. The minimum absolute atomic E-state index is 0.0113. The van der Waals surface area contributed by atoms with Crippen LogP contribution in [0.3, 0.4) is 0 Å². The number of hydrogen-bond acceptors (Lipinski definition) is 5. The quantitative estimate of drug-likeness (QED) is 0.617. The van der Waals surface area contributed by atoms with Gasteiger partial charge in [0, 0.05) is 30.3 Å². The maximum absolute atomic E-state index is 11.9. The Morgan fingerprint density at radius 2 is 2.00 bits per heavy atom. The van der Waals surface area contributed by atoms with Gasteiger partial charge in [-0.3, -0.25) is 15.1 Å². The van der Waals surface area contributed by atoms with Gasteiger partial charge in [0.15, 0.2) is 0 Å². The number of nitrogens with one attached hydrogen (secondary N) is 1. The molecule has 0 radical (unpaired) electrons. The van der Waals surface area contributed by atoms with E-state index in [-0.39, 0.29) is 17.7 Å². The van der Waals surface area contributed by atoms with Crippen LogP contribution in [0.4, 0.5) is 0 Å². The summed E-state index contributed by atoms with van der Waals surface area (Å²) in [5, 5.41) is 3.37. The molecule has 1 aromatic heterocycles. The third-order valence-electron chi connectivity index (χ3n) is 4.97. The van der Waals surface area contributed by atoms with Crippen molar-refractivity contribution in [3.63, 3.8) is 0 Å². The van der Waals surface area contributed by atoms with Crippen LogP contribution >= 0.6 is 0 Å². The zero-order chi connectivity index (χ0) is 18.4. The molecule has 0 spiro atoms. The summed E-state index contributed by atoms with van der Waals surface area (Å²) in [4.78, 5) is 31.6. The Kier molecular flexibility index (Phi) is 5.56. The zero-order valence-corrected chi connectivity index (χ0v) is 14.5. The number of pyridine rings is 1. The van der Waals surface area contributed by atoms with Gasteiger partial charge >= 0.3 is 0 Å². The number of nitrogens with two attached hydrogens (primary N) is 1. The Hall–Kier alpha value is -2.82. The highest BCUT2D eigenvalue weighted by Crippen LogP contribution is 2.41. The Bertz CT molecular complexity index is 790. The molecule has 6 nitrogen and oxygen atoms in total. The second-order valence-electron chi connectivity index (χ2n) is 6.77. The van der Waals surface area contributed by atoms with Crippen LogP contribution in [0.5, 0.6) is 0 Å². The van der Waals surface area contributed by atoms with Crippen LogP contribution in [0.2, 0.25) is 0 Å². The van der Waals surface area contributed by atoms with Gasteiger partial charge in [0.05, 0.1) is 0 Å². The molecule has 1 heterocycles. The number of isocyanates is 1. The smallest absolute Gasteiger partial charge is 0.236 e. The van der Waals surface area contributed by atoms with Gasteiger partial charge < -0.3 is 5.73 Å². The highest BCUT2D eigenvalue weighted by molar-refractivity contribution is 5.77. The standard InChI is InChI=1S/C20H22N4O2/c21-19(26)17-10-16(18-8-4-5-9-22-18)11-20(12-17,24-14-25)23-13-15-6-2-1-3-7-15/h1-9,16-17,23H,10-13H2,(H2,21,26). The Morgan fingerprint density at radius 3 is 2.65 bits per heavy atom. The number of primary amides is 1. The molecular formula is C20H22N4O2. The summed E-state index contributed by atoms with van der Waals surface area (Å²) < 4.78 is 0. The number of carbonyl (C=O) groups excluding carboxylic acids is 2. The van der Waals surface area contributed by atoms with Crippen molar-refractivity contribution < 1.29 is 9.59 Å². The molecule has 1 aliphatic carbocycles. The molecule has 6 heteroatoms. The number of carbonyl (C=O) groups is 1. The summed E-state index contributed by atoms with van der Waals surface area (Å²) in [5.41, 5.74) is 6.68. The van der Waals surface area contributed by atoms with E-state index in [4.69, 9.17) is 5.73 Å². The van der Waals surface area contributed by atoms with Crippen molar-refractivity contribution in [1.29, 1.82) is 0 Å².